The number of carbonyl (C=O) groups is 2. The molecule has 1 aromatic heterocycles. The van der Waals surface area contributed by atoms with E-state index in [9.17, 15) is 18.4 Å². The first kappa shape index (κ1) is 20.3. The molecule has 1 aromatic carbocycles. The summed E-state index contributed by atoms with van der Waals surface area (Å²) in [7, 11) is 0. The predicted molar refractivity (Wildman–Crippen MR) is 103 cm³/mol. The summed E-state index contributed by atoms with van der Waals surface area (Å²) >= 11 is 0. The molecule has 3 rings (SSSR count). The van der Waals surface area contributed by atoms with E-state index in [1.54, 1.807) is 6.92 Å². The van der Waals surface area contributed by atoms with Gasteiger partial charge in [-0.05, 0) is 56.0 Å². The number of hydrogen-bond donors (Lipinski definition) is 5. The zero-order valence-electron chi connectivity index (χ0n) is 15.6. The Balaban J connectivity index is 1.90. The highest BCUT2D eigenvalue weighted by Gasteiger charge is 2.36. The second kappa shape index (κ2) is 8.29. The molecule has 1 fully saturated rings. The van der Waals surface area contributed by atoms with Crippen molar-refractivity contribution in [1.82, 2.24) is 10.3 Å². The number of nitrogens with two attached hydrogens (primary N) is 1. The monoisotopic (exact) mass is 405 g/mol. The highest BCUT2D eigenvalue weighted by atomic mass is 19.1. The number of halogens is 2. The van der Waals surface area contributed by atoms with Gasteiger partial charge in [-0.1, -0.05) is 0 Å². The summed E-state index contributed by atoms with van der Waals surface area (Å²) in [5.74, 6) is -2.09. The van der Waals surface area contributed by atoms with E-state index in [1.807, 2.05) is 0 Å². The summed E-state index contributed by atoms with van der Waals surface area (Å²) in [4.78, 5) is 26.8. The number of nitrogens with one attached hydrogen (secondary N) is 3. The van der Waals surface area contributed by atoms with Gasteiger partial charge in [0.2, 0.25) is 0 Å². The number of anilines is 3. The van der Waals surface area contributed by atoms with Crippen LogP contribution < -0.4 is 21.7 Å². The van der Waals surface area contributed by atoms with E-state index in [0.717, 1.165) is 18.9 Å². The van der Waals surface area contributed by atoms with Crippen molar-refractivity contribution in [2.45, 2.75) is 31.8 Å². The minimum atomic E-state index is -1.18. The summed E-state index contributed by atoms with van der Waals surface area (Å²) in [6, 6.07) is 5.39. The van der Waals surface area contributed by atoms with E-state index >= 15 is 0 Å². The van der Waals surface area contributed by atoms with Gasteiger partial charge < -0.3 is 26.8 Å². The van der Waals surface area contributed by atoms with Crippen molar-refractivity contribution in [3.05, 3.63) is 47.5 Å². The highest BCUT2D eigenvalue weighted by Crippen LogP contribution is 2.36. The minimum absolute atomic E-state index is 0.00130. The van der Waals surface area contributed by atoms with Gasteiger partial charge in [-0.25, -0.2) is 18.6 Å². The van der Waals surface area contributed by atoms with Crippen LogP contribution in [-0.4, -0.2) is 34.2 Å². The number of carboxylic acid groups (broad SMARTS) is 1. The summed E-state index contributed by atoms with van der Waals surface area (Å²) < 4.78 is 27.7. The topological polar surface area (TPSA) is 129 Å². The first-order valence-electron chi connectivity index (χ1n) is 9.03. The predicted octanol–water partition coefficient (Wildman–Crippen LogP) is 3.05. The first-order chi connectivity index (χ1) is 13.7. The molecule has 8 nitrogen and oxygen atoms in total. The maximum Gasteiger partial charge on any atom is 0.404 e. The molecule has 2 amide bonds. The fourth-order valence-corrected chi connectivity index (χ4v) is 3.09. The summed E-state index contributed by atoms with van der Waals surface area (Å²) in [5.41, 5.74) is 5.59. The normalized spacial score (nSPS) is 15.3. The molecule has 0 unspecified atom stereocenters. The van der Waals surface area contributed by atoms with Crippen LogP contribution in [0.15, 0.2) is 30.3 Å². The number of rotatable bonds is 8. The Morgan fingerprint density at radius 1 is 1.21 bits per heavy atom. The van der Waals surface area contributed by atoms with Gasteiger partial charge in [0.25, 0.3) is 5.91 Å². The summed E-state index contributed by atoms with van der Waals surface area (Å²) in [6.45, 7) is 1.68. The van der Waals surface area contributed by atoms with Crippen LogP contribution in [0.5, 0.6) is 0 Å². The molecule has 0 saturated heterocycles. The van der Waals surface area contributed by atoms with Gasteiger partial charge in [0.15, 0.2) is 11.6 Å². The molecule has 154 valence electrons. The molecule has 0 aliphatic heterocycles. The van der Waals surface area contributed by atoms with Gasteiger partial charge in [-0.2, -0.15) is 0 Å². The molecule has 1 aliphatic carbocycles. The number of hydrogen-bond acceptors (Lipinski definition) is 5. The molecule has 1 heterocycles. The second-order valence-corrected chi connectivity index (χ2v) is 6.96. The molecular weight excluding hydrogens is 384 g/mol. The Hall–Kier alpha value is -3.43. The number of amides is 2. The maximum atomic E-state index is 14.6. The maximum absolute atomic E-state index is 14.6. The molecule has 1 saturated carbocycles. The van der Waals surface area contributed by atoms with Gasteiger partial charge in [-0.15, -0.1) is 0 Å². The van der Waals surface area contributed by atoms with Crippen molar-refractivity contribution in [3.8, 4) is 0 Å². The Bertz CT molecular complexity index is 919. The minimum Gasteiger partial charge on any atom is -0.465 e. The van der Waals surface area contributed by atoms with Gasteiger partial charge in [0, 0.05) is 11.7 Å². The molecule has 2 atom stereocenters. The zero-order valence-corrected chi connectivity index (χ0v) is 15.6. The molecule has 0 bridgehead atoms. The quantitative estimate of drug-likeness (QED) is 0.459. The van der Waals surface area contributed by atoms with E-state index in [1.165, 1.54) is 24.3 Å². The molecule has 2 aromatic rings. The zero-order chi connectivity index (χ0) is 21.1. The van der Waals surface area contributed by atoms with Crippen molar-refractivity contribution < 1.29 is 23.5 Å². The highest BCUT2D eigenvalue weighted by molar-refractivity contribution is 5.98. The lowest BCUT2D eigenvalue weighted by Crippen LogP contribution is -2.45. The number of carbonyl (C=O) groups excluding carboxylic acids is 1. The second-order valence-electron chi connectivity index (χ2n) is 6.96. The summed E-state index contributed by atoms with van der Waals surface area (Å²) in [6.07, 6.45) is 0.580. The van der Waals surface area contributed by atoms with Crippen molar-refractivity contribution >= 4 is 29.3 Å². The number of pyridine rings is 1. The molecule has 10 heteroatoms. The molecule has 0 radical (unpaired) electrons. The molecule has 0 spiro atoms. The van der Waals surface area contributed by atoms with E-state index in [4.69, 9.17) is 10.8 Å². The Morgan fingerprint density at radius 2 is 1.86 bits per heavy atom. The average molecular weight is 405 g/mol. The van der Waals surface area contributed by atoms with Crippen LogP contribution in [0.25, 0.3) is 0 Å². The van der Waals surface area contributed by atoms with Crippen molar-refractivity contribution in [2.24, 2.45) is 11.7 Å². The van der Waals surface area contributed by atoms with Crippen LogP contribution in [0.2, 0.25) is 0 Å². The van der Waals surface area contributed by atoms with Crippen LogP contribution in [0.1, 0.15) is 30.1 Å². The largest absolute Gasteiger partial charge is 0.465 e. The van der Waals surface area contributed by atoms with Crippen LogP contribution >= 0.6 is 0 Å². The fraction of sp³-hybridized carbons (Fsp3) is 0.316. The third kappa shape index (κ3) is 5.09. The lowest BCUT2D eigenvalue weighted by atomic mass is 10.0. The average Bonchev–Trinajstić information content (AvgIpc) is 3.47. The summed E-state index contributed by atoms with van der Waals surface area (Å²) in [5, 5.41) is 17.1. The first-order valence-corrected chi connectivity index (χ1v) is 9.03. The number of aromatic nitrogens is 1. The lowest BCUT2D eigenvalue weighted by Gasteiger charge is -2.26. The Morgan fingerprint density at radius 3 is 2.41 bits per heavy atom. The van der Waals surface area contributed by atoms with Gasteiger partial charge in [-0.3, -0.25) is 4.79 Å². The van der Waals surface area contributed by atoms with Crippen molar-refractivity contribution in [1.29, 1.82) is 0 Å². The Labute approximate surface area is 165 Å². The molecular formula is C19H21F2N5O3. The molecule has 1 aliphatic rings. The van der Waals surface area contributed by atoms with Crippen molar-refractivity contribution in [2.75, 3.05) is 10.6 Å². The number of primary amides is 1. The molecule has 29 heavy (non-hydrogen) atoms. The standard InChI is InChI=1S/C19H21F2N5O3/c1-9(23-19(28)29)15(10-2-3-10)25-18-14(21)8-13(16(22)27)17(26-18)24-12-6-4-11(20)5-7-12/h4-10,15,23H,2-3H2,1H3,(H2,22,27)(H,28,29)(H2,24,25,26)/t9-,15-/m0/s1. The van der Waals surface area contributed by atoms with Crippen LogP contribution in [0.3, 0.4) is 0 Å². The smallest absolute Gasteiger partial charge is 0.404 e. The van der Waals surface area contributed by atoms with Gasteiger partial charge in [0.1, 0.15) is 11.6 Å². The van der Waals surface area contributed by atoms with E-state index in [0.29, 0.717) is 5.69 Å². The SMILES string of the molecule is C[C@H](NC(=O)O)[C@H](Nc1nc(Nc2ccc(F)cc2)c(C(N)=O)cc1F)C1CC1. The van der Waals surface area contributed by atoms with E-state index in [2.05, 4.69) is 20.9 Å². The van der Waals surface area contributed by atoms with Crippen LogP contribution in [0, 0.1) is 17.6 Å². The number of benzene rings is 1. The Kier molecular flexibility index (Phi) is 5.81. The molecule has 6 N–H and O–H groups in total. The third-order valence-electron chi connectivity index (χ3n) is 4.67. The van der Waals surface area contributed by atoms with Crippen LogP contribution in [-0.2, 0) is 0 Å². The van der Waals surface area contributed by atoms with Gasteiger partial charge >= 0.3 is 6.09 Å². The van der Waals surface area contributed by atoms with E-state index < -0.39 is 29.7 Å². The van der Waals surface area contributed by atoms with Gasteiger partial charge in [0.05, 0.1) is 11.6 Å². The van der Waals surface area contributed by atoms with E-state index in [-0.39, 0.29) is 29.2 Å². The third-order valence-corrected chi connectivity index (χ3v) is 4.67. The lowest BCUT2D eigenvalue weighted by molar-refractivity contribution is 0.100. The van der Waals surface area contributed by atoms with Crippen molar-refractivity contribution in [3.63, 3.8) is 0 Å². The number of nitrogens with zero attached hydrogens (tertiary/aromatic N) is 1. The fourth-order valence-electron chi connectivity index (χ4n) is 3.09. The van der Waals surface area contributed by atoms with Crippen LogP contribution in [0.4, 0.5) is 30.9 Å².